The Bertz CT molecular complexity index is 2170. The molecule has 0 aromatic heterocycles. The number of hydrogen-bond acceptors (Lipinski definition) is 1. The van der Waals surface area contributed by atoms with Crippen molar-refractivity contribution in [1.29, 1.82) is 0 Å². The van der Waals surface area contributed by atoms with Gasteiger partial charge in [-0.3, -0.25) is 4.18 Å². The van der Waals surface area contributed by atoms with Crippen LogP contribution >= 0.6 is 0 Å². The Balaban J connectivity index is 0.000000387. The minimum Gasteiger partial charge on any atom is -0.287 e. The zero-order valence-electron chi connectivity index (χ0n) is 33.6. The minimum absolute atomic E-state index is 0.0149. The van der Waals surface area contributed by atoms with Crippen LogP contribution in [0.2, 0.25) is 0 Å². The van der Waals surface area contributed by atoms with Gasteiger partial charge in [-0.15, -0.1) is 21.9 Å². The molecule has 0 spiro atoms. The smallest absolute Gasteiger partial charge is 0.200 e. The molecular formula is C42H31BF20OS. The summed E-state index contributed by atoms with van der Waals surface area (Å²) in [5, 5.41) is 0. The van der Waals surface area contributed by atoms with E-state index in [-0.39, 0.29) is 11.2 Å². The van der Waals surface area contributed by atoms with Crippen LogP contribution in [-0.4, -0.2) is 18.7 Å². The van der Waals surface area contributed by atoms with E-state index in [1.165, 1.54) is 63.4 Å². The summed E-state index contributed by atoms with van der Waals surface area (Å²) in [6, 6.07) is 8.63. The van der Waals surface area contributed by atoms with Crippen LogP contribution in [-0.2, 0) is 17.6 Å². The van der Waals surface area contributed by atoms with Gasteiger partial charge in [0.1, 0.15) is 65.2 Å². The van der Waals surface area contributed by atoms with E-state index < -0.39 is 144 Å². The van der Waals surface area contributed by atoms with E-state index in [4.69, 9.17) is 4.18 Å². The Labute approximate surface area is 359 Å². The van der Waals surface area contributed by atoms with E-state index in [1.807, 2.05) is 0 Å². The maximum Gasteiger partial charge on any atom is 0.200 e. The molecule has 1 nitrogen and oxygen atoms in total. The first-order chi connectivity index (χ1) is 30.4. The number of rotatable bonds is 15. The molecule has 23 heteroatoms. The van der Waals surface area contributed by atoms with Gasteiger partial charge < -0.3 is 0 Å². The van der Waals surface area contributed by atoms with Gasteiger partial charge in [0, 0.05) is 0 Å². The molecule has 0 amide bonds. The largest absolute Gasteiger partial charge is 0.287 e. The number of aryl methyl sites for hydroxylation is 1. The van der Waals surface area contributed by atoms with Crippen LogP contribution < -0.4 is 26.0 Å². The lowest BCUT2D eigenvalue weighted by atomic mass is 9.12. The quantitative estimate of drug-likeness (QED) is 0.0254. The maximum absolute atomic E-state index is 15.4. The third kappa shape index (κ3) is 9.89. The van der Waals surface area contributed by atoms with Gasteiger partial charge in [-0.05, 0) is 30.5 Å². The van der Waals surface area contributed by atoms with Crippen molar-refractivity contribution in [1.82, 2.24) is 0 Å². The molecule has 0 saturated heterocycles. The first-order valence-electron chi connectivity index (χ1n) is 19.0. The second-order valence-corrected chi connectivity index (χ2v) is 16.1. The molecule has 5 aromatic carbocycles. The molecule has 0 aliphatic rings. The molecule has 0 atom stereocenters. The Morgan fingerprint density at radius 3 is 0.815 bits per heavy atom. The van der Waals surface area contributed by atoms with Gasteiger partial charge in [-0.2, -0.15) is 0 Å². The number of unbranched alkanes of at least 4 members (excludes halogenated alkanes) is 7. The van der Waals surface area contributed by atoms with E-state index in [0.717, 1.165) is 5.75 Å². The molecule has 0 saturated carbocycles. The van der Waals surface area contributed by atoms with Gasteiger partial charge in [0.25, 0.3) is 0 Å². The fourth-order valence-corrected chi connectivity index (χ4v) is 7.74. The molecule has 0 heterocycles. The van der Waals surface area contributed by atoms with E-state index in [2.05, 4.69) is 43.7 Å². The Morgan fingerprint density at radius 1 is 0.338 bits per heavy atom. The van der Waals surface area contributed by atoms with Crippen molar-refractivity contribution in [2.45, 2.75) is 64.7 Å². The summed E-state index contributed by atoms with van der Waals surface area (Å²) in [5.74, 6) is -70.4. The lowest BCUT2D eigenvalue weighted by Crippen LogP contribution is -2.81. The van der Waals surface area contributed by atoms with Crippen LogP contribution in [0.15, 0.2) is 24.3 Å². The molecular weight excluding hydrogens is 943 g/mol. The monoisotopic (exact) mass is 974 g/mol. The number of benzene rings is 5. The van der Waals surface area contributed by atoms with Crippen molar-refractivity contribution in [2.24, 2.45) is 0 Å². The SMILES string of the molecule is CCCCCCCCCCc1ccc(O[S+](C)C)cc1.Fc1c(F)c(F)c([B-](c2c(F)c(F)c(F)c(F)c2F)(c2c(F)c(F)c(F)c(F)c2F)c2c(F)c(F)c(F)c(F)c2F)c(F)c1F. The third-order valence-electron chi connectivity index (χ3n) is 10.2. The zero-order valence-corrected chi connectivity index (χ0v) is 34.4. The van der Waals surface area contributed by atoms with Crippen molar-refractivity contribution in [2.75, 3.05) is 12.5 Å². The molecule has 5 aromatic rings. The molecule has 65 heavy (non-hydrogen) atoms. The van der Waals surface area contributed by atoms with Crippen molar-refractivity contribution in [3.63, 3.8) is 0 Å². The third-order valence-corrected chi connectivity index (χ3v) is 10.7. The Hall–Kier alpha value is -5.09. The highest BCUT2D eigenvalue weighted by Crippen LogP contribution is 2.31. The van der Waals surface area contributed by atoms with Gasteiger partial charge >= 0.3 is 0 Å². The van der Waals surface area contributed by atoms with Crippen molar-refractivity contribution >= 4 is 39.2 Å². The summed E-state index contributed by atoms with van der Waals surface area (Å²) < 4.78 is 300. The summed E-state index contributed by atoms with van der Waals surface area (Å²) in [6.07, 6.45) is 9.29. The Kier molecular flexibility index (Phi) is 17.4. The van der Waals surface area contributed by atoms with Crippen molar-refractivity contribution < 1.29 is 92.0 Å². The average molecular weight is 975 g/mol. The van der Waals surface area contributed by atoms with E-state index in [9.17, 15) is 52.7 Å². The molecule has 0 unspecified atom stereocenters. The molecule has 0 aliphatic heterocycles. The van der Waals surface area contributed by atoms with Crippen LogP contribution in [0.3, 0.4) is 0 Å². The van der Waals surface area contributed by atoms with Gasteiger partial charge in [-0.1, -0.05) is 64.0 Å². The van der Waals surface area contributed by atoms with Crippen LogP contribution in [0.4, 0.5) is 87.8 Å². The van der Waals surface area contributed by atoms with Crippen LogP contribution in [0, 0.1) is 116 Å². The molecule has 0 radical (unpaired) electrons. The highest BCUT2D eigenvalue weighted by atomic mass is 32.2. The van der Waals surface area contributed by atoms with Crippen LogP contribution in [0.5, 0.6) is 5.75 Å². The van der Waals surface area contributed by atoms with Crippen molar-refractivity contribution in [3.8, 4) is 5.75 Å². The normalized spacial score (nSPS) is 11.7. The van der Waals surface area contributed by atoms with Gasteiger partial charge in [0.15, 0.2) is 86.7 Å². The predicted molar refractivity (Wildman–Crippen MR) is 202 cm³/mol. The standard InChI is InChI=1S/C24BF20.C18H31OS/c26-5-1(6(27)14(35)21(42)13(5)34)25(2-7(28)15(36)22(43)16(37)8(2)29,3-9(30)17(38)23(44)18(39)10(3)31)4-11(32)19(40)24(45)20(41)12(4)33;1-4-5-6-7-8-9-10-11-12-17-13-15-18(16-14-17)19-20(2)3/h;13-16H,4-12H2,1-3H3/q-1;+1. The van der Waals surface area contributed by atoms with Gasteiger partial charge in [0.05, 0.1) is 0 Å². The molecule has 5 rings (SSSR count). The highest BCUT2D eigenvalue weighted by Gasteiger charge is 2.52. The maximum atomic E-state index is 15.4. The lowest BCUT2D eigenvalue weighted by molar-refractivity contribution is 0.378. The Morgan fingerprint density at radius 2 is 0.569 bits per heavy atom. The van der Waals surface area contributed by atoms with Crippen LogP contribution in [0.1, 0.15) is 63.9 Å². The predicted octanol–water partition coefficient (Wildman–Crippen LogP) is 11.4. The minimum atomic E-state index is -7.22. The highest BCUT2D eigenvalue weighted by molar-refractivity contribution is 7.91. The topological polar surface area (TPSA) is 9.23 Å². The first kappa shape index (κ1) is 52.5. The van der Waals surface area contributed by atoms with Gasteiger partial charge in [-0.25, -0.2) is 87.8 Å². The molecule has 0 fully saturated rings. The summed E-state index contributed by atoms with van der Waals surface area (Å²) >= 11 is 0.0149. The average Bonchev–Trinajstić information content (AvgIpc) is 3.27. The second kappa shape index (κ2) is 21.5. The number of halogens is 20. The number of hydrogen-bond donors (Lipinski definition) is 0. The second-order valence-electron chi connectivity index (χ2n) is 14.5. The molecule has 354 valence electrons. The lowest BCUT2D eigenvalue weighted by Gasteiger charge is -2.44. The van der Waals surface area contributed by atoms with Crippen LogP contribution in [0.25, 0.3) is 0 Å². The summed E-state index contributed by atoms with van der Waals surface area (Å²) in [7, 11) is 0. The van der Waals surface area contributed by atoms with Crippen molar-refractivity contribution in [3.05, 3.63) is 146 Å². The first-order valence-corrected chi connectivity index (χ1v) is 21.0. The molecule has 0 aliphatic carbocycles. The van der Waals surface area contributed by atoms with E-state index >= 15 is 35.1 Å². The van der Waals surface area contributed by atoms with Gasteiger partial charge in [0.2, 0.25) is 0 Å². The fraction of sp³-hybridized carbons (Fsp3) is 0.286. The summed E-state index contributed by atoms with van der Waals surface area (Å²) in [5.41, 5.74) is -12.9. The zero-order chi connectivity index (χ0) is 49.0. The summed E-state index contributed by atoms with van der Waals surface area (Å²) in [6.45, 7) is 2.28. The fourth-order valence-electron chi connectivity index (χ4n) is 7.24. The van der Waals surface area contributed by atoms with E-state index in [1.54, 1.807) is 0 Å². The molecule has 0 bridgehead atoms. The molecule has 0 N–H and O–H groups in total. The van der Waals surface area contributed by atoms with E-state index in [0.29, 0.717) is 0 Å². The summed E-state index contributed by atoms with van der Waals surface area (Å²) in [4.78, 5) is 0.